The van der Waals surface area contributed by atoms with Crippen molar-refractivity contribution in [1.29, 1.82) is 0 Å². The molecule has 0 bridgehead atoms. The molecule has 0 aliphatic carbocycles. The van der Waals surface area contributed by atoms with Gasteiger partial charge in [-0.3, -0.25) is 4.21 Å². The maximum absolute atomic E-state index is 12.3. The van der Waals surface area contributed by atoms with E-state index in [1.807, 2.05) is 0 Å². The Labute approximate surface area is 108 Å². The van der Waals surface area contributed by atoms with Crippen molar-refractivity contribution >= 4 is 34.0 Å². The van der Waals surface area contributed by atoms with E-state index in [0.717, 1.165) is 25.9 Å². The Morgan fingerprint density at radius 2 is 1.94 bits per heavy atom. The van der Waals surface area contributed by atoms with Crippen molar-refractivity contribution in [3.05, 3.63) is 28.2 Å². The second kappa shape index (κ2) is 5.50. The molecular formula is C11H13Cl2NOS. The van der Waals surface area contributed by atoms with Gasteiger partial charge >= 0.3 is 0 Å². The number of hydrogen-bond acceptors (Lipinski definition) is 2. The second-order valence-electron chi connectivity index (χ2n) is 3.82. The third kappa shape index (κ3) is 2.77. The number of piperidine rings is 1. The van der Waals surface area contributed by atoms with Gasteiger partial charge in [0.15, 0.2) is 0 Å². The number of hydrogen-bond donors (Lipinski definition) is 1. The van der Waals surface area contributed by atoms with Gasteiger partial charge in [-0.05, 0) is 44.1 Å². The molecule has 2 nitrogen and oxygen atoms in total. The van der Waals surface area contributed by atoms with E-state index in [1.54, 1.807) is 18.2 Å². The van der Waals surface area contributed by atoms with Crippen LogP contribution < -0.4 is 5.32 Å². The number of nitrogens with one attached hydrogen (secondary N) is 1. The third-order valence-corrected chi connectivity index (χ3v) is 5.23. The average molecular weight is 278 g/mol. The van der Waals surface area contributed by atoms with Crippen LogP contribution in [0.2, 0.25) is 10.0 Å². The standard InChI is InChI=1S/C11H13Cl2NOS/c12-8-1-2-11(10(13)7-8)16(15)9-3-5-14-6-4-9/h1-2,7,9,14H,3-6H2. The Bertz CT molecular complexity index is 405. The minimum Gasteiger partial charge on any atom is -0.317 e. The summed E-state index contributed by atoms with van der Waals surface area (Å²) in [5.74, 6) is 0. The van der Waals surface area contributed by atoms with Gasteiger partial charge in [0.05, 0.1) is 20.7 Å². The largest absolute Gasteiger partial charge is 0.317 e. The Kier molecular flexibility index (Phi) is 4.25. The first-order chi connectivity index (χ1) is 7.68. The lowest BCUT2D eigenvalue weighted by Crippen LogP contribution is -2.33. The van der Waals surface area contributed by atoms with E-state index in [0.29, 0.717) is 14.9 Å². The molecule has 88 valence electrons. The molecule has 0 radical (unpaired) electrons. The van der Waals surface area contributed by atoms with Gasteiger partial charge in [-0.1, -0.05) is 23.2 Å². The molecule has 1 atom stereocenters. The molecule has 1 aliphatic rings. The molecule has 2 rings (SSSR count). The summed E-state index contributed by atoms with van der Waals surface area (Å²) in [7, 11) is -1.02. The van der Waals surface area contributed by atoms with Crippen LogP contribution in [0.5, 0.6) is 0 Å². The summed E-state index contributed by atoms with van der Waals surface area (Å²) < 4.78 is 12.3. The SMILES string of the molecule is O=S(c1ccc(Cl)cc1Cl)C1CCNCC1. The number of halogens is 2. The fraction of sp³-hybridized carbons (Fsp3) is 0.455. The van der Waals surface area contributed by atoms with Crippen LogP contribution in [0.1, 0.15) is 12.8 Å². The molecule has 1 unspecified atom stereocenters. The summed E-state index contributed by atoms with van der Waals surface area (Å²) in [6, 6.07) is 5.15. The van der Waals surface area contributed by atoms with Crippen LogP contribution in [-0.2, 0) is 10.8 Å². The molecule has 16 heavy (non-hydrogen) atoms. The summed E-state index contributed by atoms with van der Waals surface area (Å²) in [6.45, 7) is 1.86. The second-order valence-corrected chi connectivity index (χ2v) is 6.37. The third-order valence-electron chi connectivity index (χ3n) is 2.70. The zero-order chi connectivity index (χ0) is 11.5. The van der Waals surface area contributed by atoms with Crippen molar-refractivity contribution < 1.29 is 4.21 Å². The highest BCUT2D eigenvalue weighted by atomic mass is 35.5. The van der Waals surface area contributed by atoms with Crippen LogP contribution in [0.25, 0.3) is 0 Å². The molecule has 1 aliphatic heterocycles. The molecule has 0 saturated carbocycles. The zero-order valence-electron chi connectivity index (χ0n) is 8.71. The van der Waals surface area contributed by atoms with Crippen molar-refractivity contribution in [2.75, 3.05) is 13.1 Å². The van der Waals surface area contributed by atoms with Gasteiger partial charge in [0.25, 0.3) is 0 Å². The Hall–Kier alpha value is -0.0900. The first-order valence-corrected chi connectivity index (χ1v) is 7.22. The predicted octanol–water partition coefficient (Wildman–Crippen LogP) is 2.85. The fourth-order valence-electron chi connectivity index (χ4n) is 1.83. The average Bonchev–Trinajstić information content (AvgIpc) is 2.29. The number of benzene rings is 1. The molecule has 0 amide bonds. The predicted molar refractivity (Wildman–Crippen MR) is 68.8 cm³/mol. The van der Waals surface area contributed by atoms with Crippen LogP contribution in [0, 0.1) is 0 Å². The lowest BCUT2D eigenvalue weighted by Gasteiger charge is -2.22. The molecule has 1 N–H and O–H groups in total. The highest BCUT2D eigenvalue weighted by molar-refractivity contribution is 7.85. The Morgan fingerprint density at radius 1 is 1.25 bits per heavy atom. The first kappa shape index (κ1) is 12.4. The number of rotatable bonds is 2. The lowest BCUT2D eigenvalue weighted by molar-refractivity contribution is 0.519. The summed E-state index contributed by atoms with van der Waals surface area (Å²) in [5.41, 5.74) is 0. The van der Waals surface area contributed by atoms with Gasteiger partial charge in [0.1, 0.15) is 0 Å². The maximum atomic E-state index is 12.3. The van der Waals surface area contributed by atoms with Gasteiger partial charge in [-0.25, -0.2) is 0 Å². The van der Waals surface area contributed by atoms with Crippen molar-refractivity contribution in [3.63, 3.8) is 0 Å². The first-order valence-electron chi connectivity index (χ1n) is 5.25. The molecule has 1 aromatic carbocycles. The van der Waals surface area contributed by atoms with Crippen molar-refractivity contribution in [2.45, 2.75) is 23.0 Å². The van der Waals surface area contributed by atoms with Crippen LogP contribution in [0.15, 0.2) is 23.1 Å². The molecule has 0 aromatic heterocycles. The molecule has 1 aromatic rings. The summed E-state index contributed by atoms with van der Waals surface area (Å²) >= 11 is 11.9. The Balaban J connectivity index is 2.19. The lowest BCUT2D eigenvalue weighted by atomic mass is 10.2. The van der Waals surface area contributed by atoms with Crippen LogP contribution in [-0.4, -0.2) is 22.5 Å². The topological polar surface area (TPSA) is 29.1 Å². The highest BCUT2D eigenvalue weighted by Gasteiger charge is 2.22. The van der Waals surface area contributed by atoms with E-state index >= 15 is 0 Å². The Morgan fingerprint density at radius 3 is 2.56 bits per heavy atom. The molecular weight excluding hydrogens is 265 g/mol. The van der Waals surface area contributed by atoms with Crippen LogP contribution in [0.4, 0.5) is 0 Å². The quantitative estimate of drug-likeness (QED) is 0.901. The van der Waals surface area contributed by atoms with Gasteiger partial charge in [0, 0.05) is 10.3 Å². The van der Waals surface area contributed by atoms with Gasteiger partial charge in [-0.2, -0.15) is 0 Å². The minimum atomic E-state index is -1.02. The monoisotopic (exact) mass is 277 g/mol. The smallest absolute Gasteiger partial charge is 0.0582 e. The summed E-state index contributed by atoms with van der Waals surface area (Å²) in [6.07, 6.45) is 1.87. The van der Waals surface area contributed by atoms with E-state index in [1.165, 1.54) is 0 Å². The molecule has 0 spiro atoms. The van der Waals surface area contributed by atoms with Crippen molar-refractivity contribution in [3.8, 4) is 0 Å². The zero-order valence-corrected chi connectivity index (χ0v) is 11.0. The van der Waals surface area contributed by atoms with E-state index in [2.05, 4.69) is 5.32 Å². The highest BCUT2D eigenvalue weighted by Crippen LogP contribution is 2.27. The van der Waals surface area contributed by atoms with Gasteiger partial charge in [0.2, 0.25) is 0 Å². The van der Waals surface area contributed by atoms with Crippen LogP contribution >= 0.6 is 23.2 Å². The molecule has 1 fully saturated rings. The van der Waals surface area contributed by atoms with Crippen molar-refractivity contribution in [1.82, 2.24) is 5.32 Å². The minimum absolute atomic E-state index is 0.208. The van der Waals surface area contributed by atoms with Crippen LogP contribution in [0.3, 0.4) is 0 Å². The van der Waals surface area contributed by atoms with E-state index in [4.69, 9.17) is 23.2 Å². The van der Waals surface area contributed by atoms with Gasteiger partial charge < -0.3 is 5.32 Å². The van der Waals surface area contributed by atoms with E-state index < -0.39 is 10.8 Å². The summed E-state index contributed by atoms with van der Waals surface area (Å²) in [4.78, 5) is 0.706. The van der Waals surface area contributed by atoms with Gasteiger partial charge in [-0.15, -0.1) is 0 Å². The van der Waals surface area contributed by atoms with E-state index in [-0.39, 0.29) is 5.25 Å². The fourth-order valence-corrected chi connectivity index (χ4v) is 3.94. The molecule has 5 heteroatoms. The normalized spacial score (nSPS) is 19.6. The van der Waals surface area contributed by atoms with E-state index in [9.17, 15) is 4.21 Å². The summed E-state index contributed by atoms with van der Waals surface area (Å²) in [5, 5.41) is 4.55. The molecule has 1 heterocycles. The molecule has 1 saturated heterocycles. The van der Waals surface area contributed by atoms with Crippen molar-refractivity contribution in [2.24, 2.45) is 0 Å². The maximum Gasteiger partial charge on any atom is 0.0582 e.